The maximum atomic E-state index is 12.3. The summed E-state index contributed by atoms with van der Waals surface area (Å²) in [7, 11) is 1.70. The molecule has 0 bridgehead atoms. The van der Waals surface area contributed by atoms with Gasteiger partial charge in [-0.15, -0.1) is 0 Å². The molecule has 4 nitrogen and oxygen atoms in total. The Morgan fingerprint density at radius 3 is 2.67 bits per heavy atom. The summed E-state index contributed by atoms with van der Waals surface area (Å²) >= 11 is 0. The van der Waals surface area contributed by atoms with E-state index in [9.17, 15) is 4.79 Å². The van der Waals surface area contributed by atoms with E-state index in [4.69, 9.17) is 4.74 Å². The predicted molar refractivity (Wildman–Crippen MR) is 73.3 cm³/mol. The average molecular weight is 256 g/mol. The number of carbonyl (C=O) groups excluding carboxylic acids is 1. The molecule has 0 aromatic carbocycles. The molecule has 1 heterocycles. The van der Waals surface area contributed by atoms with E-state index in [2.05, 4.69) is 26.1 Å². The largest absolute Gasteiger partial charge is 0.385 e. The molecule has 4 heteroatoms. The molecule has 2 unspecified atom stereocenters. The van der Waals surface area contributed by atoms with Crippen LogP contribution in [-0.2, 0) is 9.53 Å². The first-order chi connectivity index (χ1) is 8.61. The zero-order chi connectivity index (χ0) is 13.5. The van der Waals surface area contributed by atoms with Crippen molar-refractivity contribution in [3.63, 3.8) is 0 Å². The molecular formula is C14H28N2O2. The number of nitrogens with one attached hydrogen (secondary N) is 1. The lowest BCUT2D eigenvalue weighted by Gasteiger charge is -2.27. The number of rotatable bonds is 8. The van der Waals surface area contributed by atoms with Gasteiger partial charge in [-0.2, -0.15) is 0 Å². The number of hydrogen-bond donors (Lipinski definition) is 1. The Morgan fingerprint density at radius 2 is 2.11 bits per heavy atom. The van der Waals surface area contributed by atoms with E-state index in [1.807, 2.05) is 4.90 Å². The number of hydrogen-bond acceptors (Lipinski definition) is 3. The number of unbranched alkanes of at least 4 members (excludes halogenated alkanes) is 1. The fourth-order valence-electron chi connectivity index (χ4n) is 2.50. The molecule has 18 heavy (non-hydrogen) atoms. The van der Waals surface area contributed by atoms with Gasteiger partial charge < -0.3 is 9.64 Å². The summed E-state index contributed by atoms with van der Waals surface area (Å²) in [4.78, 5) is 14.3. The highest BCUT2D eigenvalue weighted by Gasteiger charge is 2.39. The summed E-state index contributed by atoms with van der Waals surface area (Å²) in [6.07, 6.45) is 4.31. The Balaban J connectivity index is 2.56. The van der Waals surface area contributed by atoms with Crippen LogP contribution in [0.4, 0.5) is 0 Å². The van der Waals surface area contributed by atoms with Crippen molar-refractivity contribution in [3.05, 3.63) is 0 Å². The fourth-order valence-corrected chi connectivity index (χ4v) is 2.50. The van der Waals surface area contributed by atoms with Crippen molar-refractivity contribution in [2.75, 3.05) is 20.3 Å². The van der Waals surface area contributed by atoms with Gasteiger partial charge in [-0.25, -0.2) is 0 Å². The summed E-state index contributed by atoms with van der Waals surface area (Å²) in [5.74, 6) is 0.723. The minimum Gasteiger partial charge on any atom is -0.385 e. The Kier molecular flexibility index (Phi) is 6.65. The number of nitrogens with zero attached hydrogens (tertiary/aromatic N) is 1. The number of ether oxygens (including phenoxy) is 1. The predicted octanol–water partition coefficient (Wildman–Crippen LogP) is 2.00. The molecule has 0 spiro atoms. The molecule has 1 N–H and O–H groups in total. The van der Waals surface area contributed by atoms with Crippen molar-refractivity contribution in [3.8, 4) is 0 Å². The summed E-state index contributed by atoms with van der Waals surface area (Å²) in [5, 5.41) is 3.49. The first-order valence-electron chi connectivity index (χ1n) is 7.17. The lowest BCUT2D eigenvalue weighted by Crippen LogP contribution is -2.42. The summed E-state index contributed by atoms with van der Waals surface area (Å²) in [6, 6.07) is 0.0277. The topological polar surface area (TPSA) is 41.6 Å². The van der Waals surface area contributed by atoms with Crippen molar-refractivity contribution in [2.45, 2.75) is 58.7 Å². The van der Waals surface area contributed by atoms with Gasteiger partial charge >= 0.3 is 0 Å². The zero-order valence-electron chi connectivity index (χ0n) is 12.2. The highest BCUT2D eigenvalue weighted by molar-refractivity contribution is 5.84. The van der Waals surface area contributed by atoms with E-state index in [0.717, 1.165) is 32.2 Å². The van der Waals surface area contributed by atoms with Crippen LogP contribution in [0, 0.1) is 5.92 Å². The van der Waals surface area contributed by atoms with E-state index >= 15 is 0 Å². The second-order valence-electron chi connectivity index (χ2n) is 5.43. The molecule has 106 valence electrons. The molecule has 0 aliphatic carbocycles. The van der Waals surface area contributed by atoms with Gasteiger partial charge in [-0.1, -0.05) is 33.6 Å². The number of carbonyl (C=O) groups is 1. The van der Waals surface area contributed by atoms with E-state index in [-0.39, 0.29) is 18.1 Å². The van der Waals surface area contributed by atoms with Crippen LogP contribution in [0.3, 0.4) is 0 Å². The summed E-state index contributed by atoms with van der Waals surface area (Å²) in [5.41, 5.74) is 0. The van der Waals surface area contributed by atoms with E-state index in [1.165, 1.54) is 0 Å². The molecule has 1 aliphatic rings. The quantitative estimate of drug-likeness (QED) is 0.675. The van der Waals surface area contributed by atoms with Crippen LogP contribution in [0.25, 0.3) is 0 Å². The smallest absolute Gasteiger partial charge is 0.241 e. The molecule has 0 aromatic heterocycles. The third kappa shape index (κ3) is 3.95. The minimum absolute atomic E-state index is 0.0277. The second kappa shape index (κ2) is 7.74. The minimum atomic E-state index is 0.0277. The van der Waals surface area contributed by atoms with Gasteiger partial charge in [0, 0.05) is 20.3 Å². The zero-order valence-corrected chi connectivity index (χ0v) is 12.2. The molecule has 1 amide bonds. The van der Waals surface area contributed by atoms with Crippen LogP contribution in [0.5, 0.6) is 0 Å². The van der Waals surface area contributed by atoms with Crippen LogP contribution in [0.15, 0.2) is 0 Å². The van der Waals surface area contributed by atoms with Crippen molar-refractivity contribution in [1.82, 2.24) is 10.2 Å². The van der Waals surface area contributed by atoms with E-state index in [1.54, 1.807) is 7.11 Å². The molecule has 1 fully saturated rings. The maximum Gasteiger partial charge on any atom is 0.241 e. The lowest BCUT2D eigenvalue weighted by atomic mass is 10.1. The van der Waals surface area contributed by atoms with Crippen molar-refractivity contribution in [1.29, 1.82) is 0 Å². The molecule has 2 atom stereocenters. The van der Waals surface area contributed by atoms with Gasteiger partial charge in [-0.05, 0) is 18.8 Å². The Morgan fingerprint density at radius 1 is 1.39 bits per heavy atom. The first kappa shape index (κ1) is 15.4. The highest BCUT2D eigenvalue weighted by Crippen LogP contribution is 2.20. The normalized spacial score (nSPS) is 24.3. The SMILES string of the molecule is CCCCC1NC(C(C)C)N(CCCOC)C1=O. The van der Waals surface area contributed by atoms with Crippen molar-refractivity contribution >= 4 is 5.91 Å². The Bertz CT molecular complexity index is 256. The average Bonchev–Trinajstić information content (AvgIpc) is 2.65. The van der Waals surface area contributed by atoms with Gasteiger partial charge in [0.25, 0.3) is 0 Å². The van der Waals surface area contributed by atoms with Crippen LogP contribution >= 0.6 is 0 Å². The number of methoxy groups -OCH3 is 1. The maximum absolute atomic E-state index is 12.3. The molecular weight excluding hydrogens is 228 g/mol. The molecule has 1 aliphatic heterocycles. The van der Waals surface area contributed by atoms with Crippen molar-refractivity contribution < 1.29 is 9.53 Å². The molecule has 0 aromatic rings. The monoisotopic (exact) mass is 256 g/mol. The lowest BCUT2D eigenvalue weighted by molar-refractivity contribution is -0.130. The highest BCUT2D eigenvalue weighted by atomic mass is 16.5. The van der Waals surface area contributed by atoms with E-state index in [0.29, 0.717) is 12.5 Å². The van der Waals surface area contributed by atoms with E-state index < -0.39 is 0 Å². The van der Waals surface area contributed by atoms with Gasteiger partial charge in [0.1, 0.15) is 0 Å². The number of amides is 1. The molecule has 1 saturated heterocycles. The Labute approximate surface area is 111 Å². The standard InChI is InChI=1S/C14H28N2O2/c1-5-6-8-12-14(17)16(9-7-10-18-4)13(15-12)11(2)3/h11-13,15H,5-10H2,1-4H3. The first-order valence-corrected chi connectivity index (χ1v) is 7.17. The van der Waals surface area contributed by atoms with Gasteiger partial charge in [0.05, 0.1) is 12.2 Å². The molecule has 0 radical (unpaired) electrons. The van der Waals surface area contributed by atoms with Gasteiger partial charge in [0.2, 0.25) is 5.91 Å². The molecule has 1 rings (SSSR count). The molecule has 0 saturated carbocycles. The Hall–Kier alpha value is -0.610. The van der Waals surface area contributed by atoms with Crippen LogP contribution in [0.2, 0.25) is 0 Å². The van der Waals surface area contributed by atoms with Crippen LogP contribution in [0.1, 0.15) is 46.5 Å². The third-order valence-corrected chi connectivity index (χ3v) is 3.51. The fraction of sp³-hybridized carbons (Fsp3) is 0.929. The summed E-state index contributed by atoms with van der Waals surface area (Å²) in [6.45, 7) is 8.00. The second-order valence-corrected chi connectivity index (χ2v) is 5.43. The van der Waals surface area contributed by atoms with Crippen molar-refractivity contribution in [2.24, 2.45) is 5.92 Å². The van der Waals surface area contributed by atoms with Crippen LogP contribution in [-0.4, -0.2) is 43.3 Å². The van der Waals surface area contributed by atoms with Crippen LogP contribution < -0.4 is 5.32 Å². The van der Waals surface area contributed by atoms with Gasteiger partial charge in [0.15, 0.2) is 0 Å². The van der Waals surface area contributed by atoms with Gasteiger partial charge in [-0.3, -0.25) is 10.1 Å². The summed E-state index contributed by atoms with van der Waals surface area (Å²) < 4.78 is 5.07. The third-order valence-electron chi connectivity index (χ3n) is 3.51.